The van der Waals surface area contributed by atoms with Gasteiger partial charge in [-0.2, -0.15) is 0 Å². The molecule has 182 valence electrons. The average molecular weight is 523 g/mol. The Labute approximate surface area is 210 Å². The second-order valence-corrected chi connectivity index (χ2v) is 11.3. The van der Waals surface area contributed by atoms with E-state index in [1.165, 1.54) is 6.20 Å². The Morgan fingerprint density at radius 2 is 1.71 bits per heavy atom. The van der Waals surface area contributed by atoms with Gasteiger partial charge in [0.15, 0.2) is 0 Å². The van der Waals surface area contributed by atoms with Crippen LogP contribution < -0.4 is 5.32 Å². The summed E-state index contributed by atoms with van der Waals surface area (Å²) in [6.07, 6.45) is 1.52. The molecule has 0 aliphatic rings. The Hall–Kier alpha value is -2.55. The third kappa shape index (κ3) is 6.31. The van der Waals surface area contributed by atoms with Crippen LogP contribution in [0.2, 0.25) is 10.0 Å². The van der Waals surface area contributed by atoms with Gasteiger partial charge < -0.3 is 14.8 Å². The maximum Gasteiger partial charge on any atom is 0.322 e. The van der Waals surface area contributed by atoms with Gasteiger partial charge in [-0.1, -0.05) is 41.4 Å². The van der Waals surface area contributed by atoms with Crippen molar-refractivity contribution in [2.45, 2.75) is 57.2 Å². The number of rotatable bonds is 8. The molecule has 0 spiro atoms. The van der Waals surface area contributed by atoms with Crippen molar-refractivity contribution in [2.24, 2.45) is 0 Å². The van der Waals surface area contributed by atoms with Gasteiger partial charge in [0.1, 0.15) is 0 Å². The van der Waals surface area contributed by atoms with Gasteiger partial charge in [0.05, 0.1) is 24.2 Å². The van der Waals surface area contributed by atoms with E-state index in [1.54, 1.807) is 58.0 Å². The number of imidazole rings is 1. The summed E-state index contributed by atoms with van der Waals surface area (Å²) in [6, 6.07) is 13.0. The summed E-state index contributed by atoms with van der Waals surface area (Å²) in [5, 5.41) is 3.81. The lowest BCUT2D eigenvalue weighted by molar-refractivity contribution is 0.191. The molecule has 0 aliphatic heterocycles. The summed E-state index contributed by atoms with van der Waals surface area (Å²) in [5.74, 6) is -0.222. The van der Waals surface area contributed by atoms with Crippen LogP contribution in [0, 0.1) is 0 Å². The molecule has 0 radical (unpaired) electrons. The molecular weight excluding hydrogens is 495 g/mol. The highest BCUT2D eigenvalue weighted by Crippen LogP contribution is 2.24. The van der Waals surface area contributed by atoms with Crippen LogP contribution in [0.1, 0.15) is 45.0 Å². The normalized spacial score (nSPS) is 11.8. The maximum absolute atomic E-state index is 13.2. The summed E-state index contributed by atoms with van der Waals surface area (Å²) >= 11 is 12.0. The molecule has 10 heteroatoms. The van der Waals surface area contributed by atoms with Gasteiger partial charge in [-0.05, 0) is 63.6 Å². The number of hydrogen-bond donors (Lipinski definition) is 1. The molecule has 3 rings (SSSR count). The zero-order valence-corrected chi connectivity index (χ0v) is 21.8. The summed E-state index contributed by atoms with van der Waals surface area (Å²) in [4.78, 5) is 18.9. The number of benzene rings is 2. The first-order chi connectivity index (χ1) is 16.0. The van der Waals surface area contributed by atoms with Crippen LogP contribution in [-0.2, 0) is 22.1 Å². The Balaban J connectivity index is 1.89. The van der Waals surface area contributed by atoms with Crippen molar-refractivity contribution >= 4 is 44.8 Å². The van der Waals surface area contributed by atoms with Gasteiger partial charge in [0.25, 0.3) is 0 Å². The number of amides is 2. The van der Waals surface area contributed by atoms with Crippen LogP contribution >= 0.6 is 23.2 Å². The Kier molecular flexibility index (Phi) is 8.28. The topological polar surface area (TPSA) is 84.3 Å². The molecule has 1 N–H and O–H groups in total. The van der Waals surface area contributed by atoms with Crippen LogP contribution in [0.25, 0.3) is 0 Å². The van der Waals surface area contributed by atoms with Crippen molar-refractivity contribution in [1.29, 1.82) is 0 Å². The van der Waals surface area contributed by atoms with E-state index in [4.69, 9.17) is 23.2 Å². The molecule has 1 heterocycles. The number of aromatic nitrogens is 2. The minimum Gasteiger partial charge on any atom is -0.316 e. The highest BCUT2D eigenvalue weighted by Gasteiger charge is 2.27. The number of anilines is 1. The fourth-order valence-electron chi connectivity index (χ4n) is 3.61. The number of carbonyl (C=O) groups excluding carboxylic acids is 1. The Morgan fingerprint density at radius 1 is 1.06 bits per heavy atom. The second kappa shape index (κ2) is 10.8. The first-order valence-corrected chi connectivity index (χ1v) is 13.2. The van der Waals surface area contributed by atoms with E-state index in [-0.39, 0.29) is 35.6 Å². The summed E-state index contributed by atoms with van der Waals surface area (Å²) < 4.78 is 28.2. The molecule has 0 saturated carbocycles. The van der Waals surface area contributed by atoms with Gasteiger partial charge >= 0.3 is 6.03 Å². The standard InChI is InChI=1S/C24H28Cl2N4O3S/c1-16(2)29(23(31)28-21-10-6-9-20(26)12-21)14-22-13-27-24(30(22)17(3)4)34(32,33)15-18-7-5-8-19(25)11-18/h5-13,16-17H,14-15H2,1-4H3,(H,28,31). The van der Waals surface area contributed by atoms with Crippen molar-refractivity contribution in [3.63, 3.8) is 0 Å². The number of carbonyl (C=O) groups is 1. The molecule has 1 aromatic heterocycles. The smallest absolute Gasteiger partial charge is 0.316 e. The summed E-state index contributed by atoms with van der Waals surface area (Å²) in [5.41, 5.74) is 1.77. The third-order valence-electron chi connectivity index (χ3n) is 5.17. The molecule has 0 bridgehead atoms. The van der Waals surface area contributed by atoms with Crippen molar-refractivity contribution < 1.29 is 13.2 Å². The van der Waals surface area contributed by atoms with Crippen LogP contribution in [-0.4, -0.2) is 34.9 Å². The van der Waals surface area contributed by atoms with E-state index in [2.05, 4.69) is 10.3 Å². The highest BCUT2D eigenvalue weighted by molar-refractivity contribution is 7.90. The highest BCUT2D eigenvalue weighted by atomic mass is 35.5. The van der Waals surface area contributed by atoms with Crippen molar-refractivity contribution in [3.8, 4) is 0 Å². The molecule has 2 aromatic carbocycles. The van der Waals surface area contributed by atoms with E-state index >= 15 is 0 Å². The zero-order valence-electron chi connectivity index (χ0n) is 19.5. The number of halogens is 2. The Bertz CT molecular complexity index is 1270. The first-order valence-electron chi connectivity index (χ1n) is 10.8. The molecule has 7 nitrogen and oxygen atoms in total. The second-order valence-electron chi connectivity index (χ2n) is 8.55. The molecule has 3 aromatic rings. The monoisotopic (exact) mass is 522 g/mol. The van der Waals surface area contributed by atoms with Gasteiger partial charge in [-0.15, -0.1) is 0 Å². The van der Waals surface area contributed by atoms with E-state index < -0.39 is 9.84 Å². The molecular formula is C24H28Cl2N4O3S. The predicted molar refractivity (Wildman–Crippen MR) is 136 cm³/mol. The fraction of sp³-hybridized carbons (Fsp3) is 0.333. The average Bonchev–Trinajstić information content (AvgIpc) is 3.16. The molecule has 0 fully saturated rings. The number of hydrogen-bond acceptors (Lipinski definition) is 4. The maximum atomic E-state index is 13.2. The third-order valence-corrected chi connectivity index (χ3v) is 7.21. The Morgan fingerprint density at radius 3 is 2.29 bits per heavy atom. The van der Waals surface area contributed by atoms with Gasteiger partial charge in [0.2, 0.25) is 15.0 Å². The number of urea groups is 1. The predicted octanol–water partition coefficient (Wildman–Crippen LogP) is 6.19. The van der Waals surface area contributed by atoms with E-state index in [9.17, 15) is 13.2 Å². The first kappa shape index (κ1) is 26.1. The van der Waals surface area contributed by atoms with Gasteiger partial charge in [-0.25, -0.2) is 18.2 Å². The lowest BCUT2D eigenvalue weighted by Gasteiger charge is -2.28. The molecule has 0 atom stereocenters. The van der Waals surface area contributed by atoms with Crippen molar-refractivity contribution in [2.75, 3.05) is 5.32 Å². The fourth-order valence-corrected chi connectivity index (χ4v) is 5.60. The van der Waals surface area contributed by atoms with Crippen LogP contribution in [0.4, 0.5) is 10.5 Å². The lowest BCUT2D eigenvalue weighted by atomic mass is 10.2. The summed E-state index contributed by atoms with van der Waals surface area (Å²) in [6.45, 7) is 7.74. The zero-order chi connectivity index (χ0) is 25.0. The number of nitrogens with one attached hydrogen (secondary N) is 1. The SMILES string of the molecule is CC(C)N(Cc1cnc(S(=O)(=O)Cc2cccc(Cl)c2)n1C(C)C)C(=O)Nc1cccc(Cl)c1. The van der Waals surface area contributed by atoms with Crippen molar-refractivity contribution in [3.05, 3.63) is 76.0 Å². The van der Waals surface area contributed by atoms with Crippen LogP contribution in [0.3, 0.4) is 0 Å². The molecule has 34 heavy (non-hydrogen) atoms. The molecule has 0 aliphatic carbocycles. The molecule has 0 saturated heterocycles. The van der Waals surface area contributed by atoms with Crippen LogP contribution in [0.15, 0.2) is 59.9 Å². The van der Waals surface area contributed by atoms with E-state index in [0.717, 1.165) is 0 Å². The quantitative estimate of drug-likeness (QED) is 0.382. The molecule has 0 unspecified atom stereocenters. The number of sulfone groups is 1. The number of nitrogens with zero attached hydrogens (tertiary/aromatic N) is 3. The summed E-state index contributed by atoms with van der Waals surface area (Å²) in [7, 11) is -3.76. The van der Waals surface area contributed by atoms with Gasteiger partial charge in [-0.3, -0.25) is 0 Å². The van der Waals surface area contributed by atoms with Gasteiger partial charge in [0, 0.05) is 27.8 Å². The minimum atomic E-state index is -3.76. The molecule has 2 amide bonds. The van der Waals surface area contributed by atoms with Crippen LogP contribution in [0.5, 0.6) is 0 Å². The largest absolute Gasteiger partial charge is 0.322 e. The lowest BCUT2D eigenvalue weighted by Crippen LogP contribution is -2.40. The minimum absolute atomic E-state index is 0.0311. The van der Waals surface area contributed by atoms with Crippen molar-refractivity contribution in [1.82, 2.24) is 14.5 Å². The van der Waals surface area contributed by atoms with E-state index in [1.807, 2.05) is 27.7 Å². The van der Waals surface area contributed by atoms with E-state index in [0.29, 0.717) is 27.0 Å².